The highest BCUT2D eigenvalue weighted by Gasteiger charge is 2.06. The average molecular weight is 341 g/mol. The Morgan fingerprint density at radius 3 is 2.29 bits per heavy atom. The molecule has 2 N–H and O–H groups in total. The third kappa shape index (κ3) is 4.21. The second-order valence-corrected chi connectivity index (χ2v) is 5.15. The molecule has 6 nitrogen and oxygen atoms in total. The fourth-order valence-corrected chi connectivity index (χ4v) is 2.05. The van der Waals surface area contributed by atoms with Gasteiger partial charge in [0, 0.05) is 11.4 Å². The van der Waals surface area contributed by atoms with Gasteiger partial charge in [0.1, 0.15) is 17.1 Å². The second-order valence-electron chi connectivity index (χ2n) is 4.75. The first-order valence-corrected chi connectivity index (χ1v) is 7.45. The van der Waals surface area contributed by atoms with E-state index in [0.29, 0.717) is 22.1 Å². The van der Waals surface area contributed by atoms with E-state index in [4.69, 9.17) is 16.3 Å². The van der Waals surface area contributed by atoms with Gasteiger partial charge in [-0.2, -0.15) is 0 Å². The zero-order valence-corrected chi connectivity index (χ0v) is 13.2. The number of benzene rings is 2. The van der Waals surface area contributed by atoms with Crippen molar-refractivity contribution in [3.8, 4) is 11.6 Å². The van der Waals surface area contributed by atoms with Gasteiger partial charge in [-0.1, -0.05) is 29.8 Å². The van der Waals surface area contributed by atoms with Crippen LogP contribution in [0.5, 0.6) is 11.6 Å². The lowest BCUT2D eigenvalue weighted by molar-refractivity contribution is 0.262. The lowest BCUT2D eigenvalue weighted by Crippen LogP contribution is -2.19. The van der Waals surface area contributed by atoms with Crippen LogP contribution in [0.3, 0.4) is 0 Å². The molecule has 1 heterocycles. The molecule has 0 aliphatic heterocycles. The number of para-hydroxylation sites is 1. The molecule has 0 radical (unpaired) electrons. The monoisotopic (exact) mass is 340 g/mol. The van der Waals surface area contributed by atoms with Crippen molar-refractivity contribution in [3.63, 3.8) is 0 Å². The van der Waals surface area contributed by atoms with Crippen LogP contribution in [-0.2, 0) is 0 Å². The Hall–Kier alpha value is -3.12. The van der Waals surface area contributed by atoms with Crippen LogP contribution in [0, 0.1) is 0 Å². The van der Waals surface area contributed by atoms with Gasteiger partial charge < -0.3 is 15.4 Å². The molecule has 0 spiro atoms. The fraction of sp³-hybridized carbons (Fsp3) is 0. The van der Waals surface area contributed by atoms with Crippen molar-refractivity contribution in [1.82, 2.24) is 9.97 Å². The van der Waals surface area contributed by atoms with Gasteiger partial charge in [-0.05, 0) is 36.4 Å². The summed E-state index contributed by atoms with van der Waals surface area (Å²) < 4.78 is 5.55. The highest BCUT2D eigenvalue weighted by molar-refractivity contribution is 6.31. The number of amides is 2. The first-order valence-electron chi connectivity index (χ1n) is 7.07. The Balaban J connectivity index is 1.60. The van der Waals surface area contributed by atoms with Crippen LogP contribution in [0.4, 0.5) is 16.2 Å². The van der Waals surface area contributed by atoms with Crippen molar-refractivity contribution in [2.75, 3.05) is 10.6 Å². The lowest BCUT2D eigenvalue weighted by atomic mass is 10.3. The smallest absolute Gasteiger partial charge is 0.323 e. The van der Waals surface area contributed by atoms with Crippen LogP contribution in [0.2, 0.25) is 5.02 Å². The summed E-state index contributed by atoms with van der Waals surface area (Å²) in [5.74, 6) is 0.818. The van der Waals surface area contributed by atoms with E-state index in [1.807, 2.05) is 30.3 Å². The van der Waals surface area contributed by atoms with Crippen molar-refractivity contribution in [1.29, 1.82) is 0 Å². The highest BCUT2D eigenvalue weighted by atomic mass is 35.5. The Morgan fingerprint density at radius 2 is 1.62 bits per heavy atom. The molecule has 3 aromatic rings. The van der Waals surface area contributed by atoms with Crippen LogP contribution in [0.1, 0.15) is 0 Å². The van der Waals surface area contributed by atoms with E-state index in [1.54, 1.807) is 24.3 Å². The summed E-state index contributed by atoms with van der Waals surface area (Å²) in [6, 6.07) is 15.7. The molecule has 0 unspecified atom stereocenters. The SMILES string of the molecule is O=C(Nc1ccccc1)Nc1ccc(Oc2ncncc2Cl)cc1. The van der Waals surface area contributed by atoms with Gasteiger partial charge in [0.05, 0.1) is 6.20 Å². The maximum atomic E-state index is 11.9. The summed E-state index contributed by atoms with van der Waals surface area (Å²) in [6.45, 7) is 0. The van der Waals surface area contributed by atoms with Crippen LogP contribution < -0.4 is 15.4 Å². The molecule has 2 aromatic carbocycles. The molecule has 0 aliphatic rings. The minimum absolute atomic E-state index is 0.272. The summed E-state index contributed by atoms with van der Waals surface area (Å²) in [4.78, 5) is 19.7. The predicted octanol–water partition coefficient (Wildman–Crippen LogP) is 4.57. The number of halogens is 1. The number of urea groups is 1. The molecule has 1 aromatic heterocycles. The van der Waals surface area contributed by atoms with Gasteiger partial charge in [-0.25, -0.2) is 14.8 Å². The van der Waals surface area contributed by atoms with Gasteiger partial charge >= 0.3 is 6.03 Å². The van der Waals surface area contributed by atoms with E-state index in [1.165, 1.54) is 12.5 Å². The molecular formula is C17H13ClN4O2. The van der Waals surface area contributed by atoms with Gasteiger partial charge in [0.15, 0.2) is 0 Å². The Kier molecular flexibility index (Phi) is 4.88. The maximum absolute atomic E-state index is 11.9. The molecule has 24 heavy (non-hydrogen) atoms. The minimum Gasteiger partial charge on any atom is -0.437 e. The average Bonchev–Trinajstić information content (AvgIpc) is 2.59. The van der Waals surface area contributed by atoms with Crippen LogP contribution >= 0.6 is 11.6 Å². The van der Waals surface area contributed by atoms with Gasteiger partial charge in [0.25, 0.3) is 0 Å². The molecule has 0 fully saturated rings. The molecule has 7 heteroatoms. The quantitative estimate of drug-likeness (QED) is 0.729. The first-order chi connectivity index (χ1) is 11.7. The summed E-state index contributed by atoms with van der Waals surface area (Å²) in [7, 11) is 0. The topological polar surface area (TPSA) is 76.1 Å². The third-order valence-electron chi connectivity index (χ3n) is 2.99. The largest absolute Gasteiger partial charge is 0.437 e. The molecule has 3 rings (SSSR count). The van der Waals surface area contributed by atoms with Crippen molar-refractivity contribution in [2.24, 2.45) is 0 Å². The summed E-state index contributed by atoms with van der Waals surface area (Å²) in [6.07, 6.45) is 2.80. The van der Waals surface area contributed by atoms with Crippen molar-refractivity contribution < 1.29 is 9.53 Å². The van der Waals surface area contributed by atoms with Crippen LogP contribution in [0.25, 0.3) is 0 Å². The second kappa shape index (κ2) is 7.43. The Morgan fingerprint density at radius 1 is 0.958 bits per heavy atom. The number of ether oxygens (including phenoxy) is 1. The van der Waals surface area contributed by atoms with Crippen LogP contribution in [-0.4, -0.2) is 16.0 Å². The number of carbonyl (C=O) groups excluding carboxylic acids is 1. The number of carbonyl (C=O) groups is 1. The lowest BCUT2D eigenvalue weighted by Gasteiger charge is -2.09. The molecule has 0 saturated heterocycles. The number of rotatable bonds is 4. The minimum atomic E-state index is -0.325. The number of anilines is 2. The number of nitrogens with one attached hydrogen (secondary N) is 2. The zero-order valence-electron chi connectivity index (χ0n) is 12.4. The van der Waals surface area contributed by atoms with E-state index in [0.717, 1.165) is 0 Å². The van der Waals surface area contributed by atoms with Crippen molar-refractivity contribution in [2.45, 2.75) is 0 Å². The van der Waals surface area contributed by atoms with E-state index in [9.17, 15) is 4.79 Å². The Bertz CT molecular complexity index is 826. The normalized spacial score (nSPS) is 10.0. The van der Waals surface area contributed by atoms with E-state index in [2.05, 4.69) is 20.6 Å². The zero-order chi connectivity index (χ0) is 16.8. The molecule has 0 saturated carbocycles. The highest BCUT2D eigenvalue weighted by Crippen LogP contribution is 2.26. The van der Waals surface area contributed by atoms with Crippen molar-refractivity contribution >= 4 is 29.0 Å². The number of aromatic nitrogens is 2. The van der Waals surface area contributed by atoms with Gasteiger partial charge in [-0.3, -0.25) is 0 Å². The molecule has 0 bridgehead atoms. The number of hydrogen-bond donors (Lipinski definition) is 2. The Labute approximate surface area is 143 Å². The molecule has 0 atom stereocenters. The molecule has 2 amide bonds. The standard InChI is InChI=1S/C17H13ClN4O2/c18-15-10-19-11-20-16(15)24-14-8-6-13(7-9-14)22-17(23)21-12-4-2-1-3-5-12/h1-11H,(H2,21,22,23). The molecule has 0 aliphatic carbocycles. The predicted molar refractivity (Wildman–Crippen MR) is 92.6 cm³/mol. The van der Waals surface area contributed by atoms with Gasteiger partial charge in [0.2, 0.25) is 5.88 Å². The first kappa shape index (κ1) is 15.8. The molecular weight excluding hydrogens is 328 g/mol. The summed E-state index contributed by atoms with van der Waals surface area (Å²) in [5, 5.41) is 5.79. The number of hydrogen-bond acceptors (Lipinski definition) is 4. The summed E-state index contributed by atoms with van der Waals surface area (Å²) >= 11 is 5.94. The van der Waals surface area contributed by atoms with E-state index in [-0.39, 0.29) is 11.9 Å². The summed E-state index contributed by atoms with van der Waals surface area (Å²) in [5.41, 5.74) is 1.35. The van der Waals surface area contributed by atoms with E-state index < -0.39 is 0 Å². The maximum Gasteiger partial charge on any atom is 0.323 e. The van der Waals surface area contributed by atoms with E-state index >= 15 is 0 Å². The third-order valence-corrected chi connectivity index (χ3v) is 3.25. The van der Waals surface area contributed by atoms with Gasteiger partial charge in [-0.15, -0.1) is 0 Å². The number of nitrogens with zero attached hydrogens (tertiary/aromatic N) is 2. The fourth-order valence-electron chi connectivity index (χ4n) is 1.91. The molecule has 120 valence electrons. The van der Waals surface area contributed by atoms with Crippen molar-refractivity contribution in [3.05, 3.63) is 72.1 Å². The van der Waals surface area contributed by atoms with Crippen LogP contribution in [0.15, 0.2) is 67.1 Å².